The highest BCUT2D eigenvalue weighted by molar-refractivity contribution is 7.92. The van der Waals surface area contributed by atoms with E-state index in [4.69, 9.17) is 0 Å². The predicted molar refractivity (Wildman–Crippen MR) is 112 cm³/mol. The number of amides is 1. The van der Waals surface area contributed by atoms with Crippen molar-refractivity contribution in [3.05, 3.63) is 89.5 Å². The van der Waals surface area contributed by atoms with Gasteiger partial charge in [0.1, 0.15) is 0 Å². The highest BCUT2D eigenvalue weighted by Gasteiger charge is 2.21. The Morgan fingerprint density at radius 3 is 2.14 bits per heavy atom. The maximum atomic E-state index is 12.7. The fourth-order valence-electron chi connectivity index (χ4n) is 2.79. The Kier molecular flexibility index (Phi) is 5.51. The number of nitrogens with one attached hydrogen (secondary N) is 1. The van der Waals surface area contributed by atoms with Crippen LogP contribution in [-0.2, 0) is 10.0 Å². The van der Waals surface area contributed by atoms with Crippen molar-refractivity contribution in [2.75, 3.05) is 16.7 Å². The maximum absolute atomic E-state index is 12.7. The quantitative estimate of drug-likeness (QED) is 0.698. The molecule has 0 aliphatic rings. The molecule has 0 fully saturated rings. The Bertz CT molecular complexity index is 1090. The van der Waals surface area contributed by atoms with Gasteiger partial charge in [-0.15, -0.1) is 0 Å². The molecule has 3 aromatic carbocycles. The summed E-state index contributed by atoms with van der Waals surface area (Å²) in [5.74, 6) is -0.242. The van der Waals surface area contributed by atoms with Crippen molar-refractivity contribution in [2.24, 2.45) is 0 Å². The zero-order valence-electron chi connectivity index (χ0n) is 16.0. The lowest BCUT2D eigenvalue weighted by Crippen LogP contribution is -2.26. The maximum Gasteiger partial charge on any atom is 0.264 e. The fourth-order valence-corrected chi connectivity index (χ4v) is 4.01. The van der Waals surface area contributed by atoms with Crippen LogP contribution in [0, 0.1) is 13.8 Å². The van der Waals surface area contributed by atoms with Crippen LogP contribution in [0.2, 0.25) is 0 Å². The second-order valence-corrected chi connectivity index (χ2v) is 8.50. The Balaban J connectivity index is 1.79. The molecule has 6 heteroatoms. The van der Waals surface area contributed by atoms with E-state index in [1.165, 1.54) is 11.4 Å². The van der Waals surface area contributed by atoms with Gasteiger partial charge in [-0.05, 0) is 67.4 Å². The smallest absolute Gasteiger partial charge is 0.264 e. The largest absolute Gasteiger partial charge is 0.322 e. The van der Waals surface area contributed by atoms with E-state index in [-0.39, 0.29) is 10.8 Å². The van der Waals surface area contributed by atoms with E-state index in [1.54, 1.807) is 54.6 Å². The van der Waals surface area contributed by atoms with E-state index >= 15 is 0 Å². The minimum Gasteiger partial charge on any atom is -0.322 e. The molecule has 1 N–H and O–H groups in total. The van der Waals surface area contributed by atoms with Crippen LogP contribution in [0.15, 0.2) is 77.7 Å². The van der Waals surface area contributed by atoms with Crippen LogP contribution in [0.4, 0.5) is 11.4 Å². The van der Waals surface area contributed by atoms with Crippen molar-refractivity contribution >= 4 is 27.3 Å². The number of anilines is 2. The van der Waals surface area contributed by atoms with Gasteiger partial charge in [-0.1, -0.05) is 30.3 Å². The summed E-state index contributed by atoms with van der Waals surface area (Å²) in [5.41, 5.74) is 3.81. The first-order valence-corrected chi connectivity index (χ1v) is 10.3. The number of benzene rings is 3. The standard InChI is InChI=1S/C22H22N2O3S/c1-16-8-7-11-21(17(16)2)23-22(25)18-12-14-19(15-13-18)24(3)28(26,27)20-9-5-4-6-10-20/h4-15H,1-3H3,(H,23,25). The van der Waals surface area contributed by atoms with Crippen molar-refractivity contribution in [1.29, 1.82) is 0 Å². The van der Waals surface area contributed by atoms with Crippen LogP contribution < -0.4 is 9.62 Å². The first-order valence-electron chi connectivity index (χ1n) is 8.82. The van der Waals surface area contributed by atoms with Crippen LogP contribution in [0.1, 0.15) is 21.5 Å². The third-order valence-electron chi connectivity index (χ3n) is 4.75. The molecule has 0 bridgehead atoms. The van der Waals surface area contributed by atoms with E-state index in [9.17, 15) is 13.2 Å². The normalized spacial score (nSPS) is 11.1. The van der Waals surface area contributed by atoms with Crippen molar-refractivity contribution < 1.29 is 13.2 Å². The molecule has 3 aromatic rings. The highest BCUT2D eigenvalue weighted by atomic mass is 32.2. The molecule has 5 nitrogen and oxygen atoms in total. The third-order valence-corrected chi connectivity index (χ3v) is 6.55. The van der Waals surface area contributed by atoms with E-state index in [0.717, 1.165) is 16.8 Å². The summed E-state index contributed by atoms with van der Waals surface area (Å²) >= 11 is 0. The van der Waals surface area contributed by atoms with Crippen LogP contribution in [0.5, 0.6) is 0 Å². The van der Waals surface area contributed by atoms with E-state index < -0.39 is 10.0 Å². The molecule has 0 aliphatic carbocycles. The molecule has 0 unspecified atom stereocenters. The molecule has 0 saturated carbocycles. The van der Waals surface area contributed by atoms with Gasteiger partial charge < -0.3 is 5.32 Å². The molecule has 0 heterocycles. The minimum absolute atomic E-state index is 0.217. The SMILES string of the molecule is Cc1cccc(NC(=O)c2ccc(N(C)S(=O)(=O)c3ccccc3)cc2)c1C. The Hall–Kier alpha value is -3.12. The Morgan fingerprint density at radius 1 is 0.857 bits per heavy atom. The fraction of sp³-hybridized carbons (Fsp3) is 0.136. The molecule has 0 spiro atoms. The van der Waals surface area contributed by atoms with Crippen LogP contribution in [-0.4, -0.2) is 21.4 Å². The third kappa shape index (κ3) is 3.92. The monoisotopic (exact) mass is 394 g/mol. The summed E-state index contributed by atoms with van der Waals surface area (Å²) in [7, 11) is -2.16. The van der Waals surface area contributed by atoms with Crippen LogP contribution >= 0.6 is 0 Å². The molecular weight excluding hydrogens is 372 g/mol. The van der Waals surface area contributed by atoms with Crippen LogP contribution in [0.3, 0.4) is 0 Å². The highest BCUT2D eigenvalue weighted by Crippen LogP contribution is 2.23. The van der Waals surface area contributed by atoms with Gasteiger partial charge in [0, 0.05) is 18.3 Å². The molecule has 0 radical (unpaired) electrons. The second kappa shape index (κ2) is 7.86. The number of rotatable bonds is 5. The number of carbonyl (C=O) groups excluding carboxylic acids is 1. The molecule has 1 amide bonds. The predicted octanol–water partition coefficient (Wildman–Crippen LogP) is 4.38. The summed E-state index contributed by atoms with van der Waals surface area (Å²) in [5, 5.41) is 2.90. The minimum atomic E-state index is -3.65. The number of hydrogen-bond donors (Lipinski definition) is 1. The summed E-state index contributed by atoms with van der Waals surface area (Å²) in [6.07, 6.45) is 0. The number of hydrogen-bond acceptors (Lipinski definition) is 3. The van der Waals surface area contributed by atoms with Crippen molar-refractivity contribution in [3.63, 3.8) is 0 Å². The zero-order valence-corrected chi connectivity index (χ0v) is 16.8. The zero-order chi connectivity index (χ0) is 20.3. The second-order valence-electron chi connectivity index (χ2n) is 6.53. The summed E-state index contributed by atoms with van der Waals surface area (Å²) in [6, 6.07) is 20.5. The van der Waals surface area contributed by atoms with E-state index in [1.807, 2.05) is 32.0 Å². The van der Waals surface area contributed by atoms with Crippen molar-refractivity contribution in [2.45, 2.75) is 18.7 Å². The first kappa shape index (κ1) is 19.6. The molecule has 0 saturated heterocycles. The van der Waals surface area contributed by atoms with Gasteiger partial charge >= 0.3 is 0 Å². The average molecular weight is 394 g/mol. The molecule has 3 rings (SSSR count). The van der Waals surface area contributed by atoms with Gasteiger partial charge in [0.15, 0.2) is 0 Å². The molecule has 0 atom stereocenters. The topological polar surface area (TPSA) is 66.5 Å². The van der Waals surface area contributed by atoms with Gasteiger partial charge in [0.05, 0.1) is 10.6 Å². The Labute approximate surface area is 165 Å². The van der Waals surface area contributed by atoms with Gasteiger partial charge in [0.25, 0.3) is 15.9 Å². The number of nitrogens with zero attached hydrogens (tertiary/aromatic N) is 1. The molecule has 28 heavy (non-hydrogen) atoms. The summed E-state index contributed by atoms with van der Waals surface area (Å²) in [4.78, 5) is 12.8. The van der Waals surface area contributed by atoms with E-state index in [0.29, 0.717) is 11.3 Å². The number of carbonyl (C=O) groups is 1. The molecular formula is C22H22N2O3S. The van der Waals surface area contributed by atoms with Crippen LogP contribution in [0.25, 0.3) is 0 Å². The van der Waals surface area contributed by atoms with Crippen molar-refractivity contribution in [3.8, 4) is 0 Å². The van der Waals surface area contributed by atoms with Crippen molar-refractivity contribution in [1.82, 2.24) is 0 Å². The first-order chi connectivity index (χ1) is 13.3. The summed E-state index contributed by atoms with van der Waals surface area (Å²) in [6.45, 7) is 3.94. The molecule has 0 aliphatic heterocycles. The van der Waals surface area contributed by atoms with Gasteiger partial charge in [-0.3, -0.25) is 9.10 Å². The van der Waals surface area contributed by atoms with Gasteiger partial charge in [-0.25, -0.2) is 8.42 Å². The van der Waals surface area contributed by atoms with E-state index in [2.05, 4.69) is 5.32 Å². The number of sulfonamides is 1. The Morgan fingerprint density at radius 2 is 1.50 bits per heavy atom. The lowest BCUT2D eigenvalue weighted by Gasteiger charge is -2.19. The molecule has 144 valence electrons. The molecule has 0 aromatic heterocycles. The number of aryl methyl sites for hydroxylation is 1. The van der Waals surface area contributed by atoms with Gasteiger partial charge in [-0.2, -0.15) is 0 Å². The van der Waals surface area contributed by atoms with Gasteiger partial charge in [0.2, 0.25) is 0 Å². The average Bonchev–Trinajstić information content (AvgIpc) is 2.71. The lowest BCUT2D eigenvalue weighted by molar-refractivity contribution is 0.102. The summed E-state index contributed by atoms with van der Waals surface area (Å²) < 4.78 is 26.6. The lowest BCUT2D eigenvalue weighted by atomic mass is 10.1.